The maximum atomic E-state index is 14.2. The largest absolute Gasteiger partial charge is 0.487 e. The SMILES string of the molecule is CC(C)Oc1c(Cl)cc(F)c(-n2nnn(CCCF)c2=O)c1N. The van der Waals surface area contributed by atoms with Crippen LogP contribution in [0.3, 0.4) is 0 Å². The molecule has 0 atom stereocenters. The summed E-state index contributed by atoms with van der Waals surface area (Å²) in [6.07, 6.45) is -0.163. The Labute approximate surface area is 135 Å². The van der Waals surface area contributed by atoms with E-state index in [2.05, 4.69) is 10.4 Å². The zero-order valence-corrected chi connectivity index (χ0v) is 13.3. The lowest BCUT2D eigenvalue weighted by molar-refractivity contribution is 0.243. The predicted molar refractivity (Wildman–Crippen MR) is 81.4 cm³/mol. The van der Waals surface area contributed by atoms with Crippen molar-refractivity contribution in [2.24, 2.45) is 0 Å². The molecule has 2 N–H and O–H groups in total. The molecule has 10 heteroatoms. The molecule has 0 saturated carbocycles. The van der Waals surface area contributed by atoms with Crippen LogP contribution in [0.4, 0.5) is 14.5 Å². The molecule has 0 aliphatic rings. The first-order valence-corrected chi connectivity index (χ1v) is 7.27. The molecule has 0 saturated heterocycles. The molecule has 0 amide bonds. The van der Waals surface area contributed by atoms with E-state index in [1.807, 2.05) is 0 Å². The van der Waals surface area contributed by atoms with Gasteiger partial charge in [-0.25, -0.2) is 9.18 Å². The van der Waals surface area contributed by atoms with Crippen LogP contribution in [0.2, 0.25) is 5.02 Å². The lowest BCUT2D eigenvalue weighted by Crippen LogP contribution is -2.26. The van der Waals surface area contributed by atoms with Gasteiger partial charge in [0.1, 0.15) is 11.4 Å². The molecule has 0 unspecified atom stereocenters. The number of aromatic nitrogens is 4. The minimum Gasteiger partial charge on any atom is -0.487 e. The monoisotopic (exact) mass is 347 g/mol. The van der Waals surface area contributed by atoms with Crippen LogP contribution in [0.15, 0.2) is 10.9 Å². The minimum atomic E-state index is -0.844. The van der Waals surface area contributed by atoms with Crippen molar-refractivity contribution >= 4 is 17.3 Å². The highest BCUT2D eigenvalue weighted by Gasteiger charge is 2.22. The molecule has 1 aromatic carbocycles. The van der Waals surface area contributed by atoms with Crippen LogP contribution in [0, 0.1) is 5.82 Å². The number of aryl methyl sites for hydroxylation is 1. The van der Waals surface area contributed by atoms with E-state index in [9.17, 15) is 13.6 Å². The third-order valence-corrected chi connectivity index (χ3v) is 3.19. The van der Waals surface area contributed by atoms with E-state index in [0.717, 1.165) is 10.7 Å². The number of anilines is 1. The van der Waals surface area contributed by atoms with Crippen LogP contribution in [-0.4, -0.2) is 32.6 Å². The number of rotatable bonds is 6. The van der Waals surface area contributed by atoms with Crippen LogP contribution in [0.5, 0.6) is 5.75 Å². The van der Waals surface area contributed by atoms with Gasteiger partial charge in [-0.2, -0.15) is 9.36 Å². The molecule has 23 heavy (non-hydrogen) atoms. The van der Waals surface area contributed by atoms with E-state index in [1.165, 1.54) is 0 Å². The van der Waals surface area contributed by atoms with Crippen molar-refractivity contribution in [1.82, 2.24) is 19.8 Å². The Kier molecular flexibility index (Phi) is 5.19. The van der Waals surface area contributed by atoms with E-state index in [-0.39, 0.29) is 41.2 Å². The Bertz CT molecular complexity index is 760. The molecule has 0 aliphatic heterocycles. The molecule has 2 aromatic rings. The Morgan fingerprint density at radius 3 is 2.74 bits per heavy atom. The summed E-state index contributed by atoms with van der Waals surface area (Å²) in [5, 5.41) is 7.15. The van der Waals surface area contributed by atoms with Crippen molar-refractivity contribution in [3.8, 4) is 11.4 Å². The van der Waals surface area contributed by atoms with Crippen LogP contribution in [0.25, 0.3) is 5.69 Å². The Morgan fingerprint density at radius 1 is 1.43 bits per heavy atom. The fraction of sp³-hybridized carbons (Fsp3) is 0.462. The van der Waals surface area contributed by atoms with Crippen molar-refractivity contribution in [1.29, 1.82) is 0 Å². The van der Waals surface area contributed by atoms with Crippen LogP contribution < -0.4 is 16.2 Å². The summed E-state index contributed by atoms with van der Waals surface area (Å²) in [6.45, 7) is 2.92. The highest BCUT2D eigenvalue weighted by Crippen LogP contribution is 2.37. The van der Waals surface area contributed by atoms with Crippen molar-refractivity contribution in [3.63, 3.8) is 0 Å². The normalized spacial score (nSPS) is 11.2. The van der Waals surface area contributed by atoms with Gasteiger partial charge in [0.15, 0.2) is 11.6 Å². The van der Waals surface area contributed by atoms with Crippen molar-refractivity contribution in [2.45, 2.75) is 32.9 Å². The number of hydrogen-bond acceptors (Lipinski definition) is 5. The number of alkyl halides is 1. The second kappa shape index (κ2) is 6.95. The van der Waals surface area contributed by atoms with Gasteiger partial charge in [-0.3, -0.25) is 4.39 Å². The second-order valence-electron chi connectivity index (χ2n) is 5.04. The summed E-state index contributed by atoms with van der Waals surface area (Å²) < 4.78 is 33.5. The van der Waals surface area contributed by atoms with E-state index < -0.39 is 18.2 Å². The summed E-state index contributed by atoms with van der Waals surface area (Å²) in [6, 6.07) is 0.984. The fourth-order valence-corrected chi connectivity index (χ4v) is 2.19. The number of ether oxygens (including phenoxy) is 1. The third kappa shape index (κ3) is 3.44. The third-order valence-electron chi connectivity index (χ3n) is 2.90. The Hall–Kier alpha value is -2.16. The summed E-state index contributed by atoms with van der Waals surface area (Å²) in [7, 11) is 0. The molecule has 1 heterocycles. The van der Waals surface area contributed by atoms with Gasteiger partial charge in [-0.1, -0.05) is 11.6 Å². The molecule has 0 bridgehead atoms. The fourth-order valence-electron chi connectivity index (χ4n) is 1.95. The molecule has 0 fully saturated rings. The van der Waals surface area contributed by atoms with E-state index >= 15 is 0 Å². The summed E-state index contributed by atoms with van der Waals surface area (Å²) in [5.41, 5.74) is 4.70. The molecule has 0 spiro atoms. The molecule has 126 valence electrons. The van der Waals surface area contributed by atoms with Gasteiger partial charge >= 0.3 is 5.69 Å². The van der Waals surface area contributed by atoms with Crippen LogP contribution >= 0.6 is 11.6 Å². The predicted octanol–water partition coefficient (Wildman–Crippen LogP) is 1.95. The molecule has 7 nitrogen and oxygen atoms in total. The summed E-state index contributed by atoms with van der Waals surface area (Å²) in [5.74, 6) is -0.786. The molecular formula is C13H16ClF2N5O2. The van der Waals surface area contributed by atoms with Gasteiger partial charge in [0.05, 0.1) is 24.3 Å². The zero-order valence-electron chi connectivity index (χ0n) is 12.6. The van der Waals surface area contributed by atoms with Gasteiger partial charge in [-0.05, 0) is 36.8 Å². The first kappa shape index (κ1) is 17.2. The van der Waals surface area contributed by atoms with Gasteiger partial charge in [0.2, 0.25) is 0 Å². The standard InChI is InChI=1S/C13H16ClF2N5O2/c1-7(2)23-12-8(14)6-9(16)11(10(12)17)21-13(22)20(18-19-21)5-3-4-15/h6-7H,3-5,17H2,1-2H3. The van der Waals surface area contributed by atoms with Crippen molar-refractivity contribution < 1.29 is 13.5 Å². The zero-order chi connectivity index (χ0) is 17.1. The minimum absolute atomic E-state index is 0.0182. The van der Waals surface area contributed by atoms with Gasteiger partial charge in [0, 0.05) is 0 Å². The lowest BCUT2D eigenvalue weighted by atomic mass is 10.2. The first-order valence-electron chi connectivity index (χ1n) is 6.90. The lowest BCUT2D eigenvalue weighted by Gasteiger charge is -2.16. The molecule has 2 rings (SSSR count). The van der Waals surface area contributed by atoms with Gasteiger partial charge in [0.25, 0.3) is 0 Å². The van der Waals surface area contributed by atoms with Crippen LogP contribution in [-0.2, 0) is 6.54 Å². The van der Waals surface area contributed by atoms with Crippen LogP contribution in [0.1, 0.15) is 20.3 Å². The Balaban J connectivity index is 2.56. The Morgan fingerprint density at radius 2 is 2.13 bits per heavy atom. The van der Waals surface area contributed by atoms with Gasteiger partial charge < -0.3 is 10.5 Å². The van der Waals surface area contributed by atoms with Crippen molar-refractivity contribution in [2.75, 3.05) is 12.4 Å². The first-order chi connectivity index (χ1) is 10.9. The summed E-state index contributed by atoms with van der Waals surface area (Å²) >= 11 is 5.94. The number of tetrazole rings is 1. The molecule has 1 aromatic heterocycles. The molecule has 0 aliphatic carbocycles. The molecular weight excluding hydrogens is 332 g/mol. The van der Waals surface area contributed by atoms with E-state index in [4.69, 9.17) is 22.1 Å². The average Bonchev–Trinajstić information content (AvgIpc) is 2.82. The van der Waals surface area contributed by atoms with Gasteiger partial charge in [-0.15, -0.1) is 0 Å². The quantitative estimate of drug-likeness (QED) is 0.807. The second-order valence-corrected chi connectivity index (χ2v) is 5.44. The number of nitrogen functional groups attached to an aromatic ring is 1. The summed E-state index contributed by atoms with van der Waals surface area (Å²) in [4.78, 5) is 12.2. The number of nitrogens with two attached hydrogens (primary N) is 1. The maximum Gasteiger partial charge on any atom is 0.368 e. The number of benzene rings is 1. The number of hydrogen-bond donors (Lipinski definition) is 1. The highest BCUT2D eigenvalue weighted by molar-refractivity contribution is 6.32. The smallest absolute Gasteiger partial charge is 0.368 e. The number of halogens is 3. The maximum absolute atomic E-state index is 14.2. The van der Waals surface area contributed by atoms with E-state index in [0.29, 0.717) is 4.68 Å². The highest BCUT2D eigenvalue weighted by atomic mass is 35.5. The number of nitrogens with zero attached hydrogens (tertiary/aromatic N) is 4. The topological polar surface area (TPSA) is 88.0 Å². The van der Waals surface area contributed by atoms with Crippen molar-refractivity contribution in [3.05, 3.63) is 27.4 Å². The average molecular weight is 348 g/mol. The van der Waals surface area contributed by atoms with E-state index in [1.54, 1.807) is 13.8 Å². The molecule has 0 radical (unpaired) electrons.